The highest BCUT2D eigenvalue weighted by molar-refractivity contribution is 7.21. The summed E-state index contributed by atoms with van der Waals surface area (Å²) in [4.78, 5) is 34.8. The molecule has 196 valence electrons. The van der Waals surface area contributed by atoms with Gasteiger partial charge in [-0.1, -0.05) is 0 Å². The average Bonchev–Trinajstić information content (AvgIpc) is 3.40. The van der Waals surface area contributed by atoms with E-state index in [0.717, 1.165) is 47.7 Å². The molecule has 2 amide bonds. The minimum Gasteiger partial charge on any atom is -0.351 e. The number of rotatable bonds is 7. The maximum Gasteiger partial charge on any atom is 0.260 e. The Bertz CT molecular complexity index is 1560. The van der Waals surface area contributed by atoms with Gasteiger partial charge in [0.15, 0.2) is 0 Å². The van der Waals surface area contributed by atoms with Crippen LogP contribution in [0.3, 0.4) is 0 Å². The van der Waals surface area contributed by atoms with Gasteiger partial charge in [0.2, 0.25) is 0 Å². The van der Waals surface area contributed by atoms with Gasteiger partial charge in [0, 0.05) is 48.8 Å². The quantitative estimate of drug-likeness (QED) is 0.378. The fraction of sp³-hybridized carbons (Fsp3) is 0.444. The molecule has 4 aromatic rings. The van der Waals surface area contributed by atoms with Gasteiger partial charge in [-0.2, -0.15) is 10.2 Å². The second-order valence-corrected chi connectivity index (χ2v) is 11.6. The van der Waals surface area contributed by atoms with E-state index in [0.29, 0.717) is 34.6 Å². The van der Waals surface area contributed by atoms with Crippen molar-refractivity contribution in [1.82, 2.24) is 34.6 Å². The third-order valence-corrected chi connectivity index (χ3v) is 9.42. The first-order valence-electron chi connectivity index (χ1n) is 13.3. The number of aromatic nitrogens is 5. The number of likely N-dealkylation sites (tertiary alicyclic amines) is 1. The molecule has 7 rings (SSSR count). The fourth-order valence-electron chi connectivity index (χ4n) is 5.97. The molecule has 2 N–H and O–H groups in total. The van der Waals surface area contributed by atoms with Crippen molar-refractivity contribution in [2.75, 3.05) is 25.0 Å². The fourth-order valence-corrected chi connectivity index (χ4v) is 7.06. The Hall–Kier alpha value is -3.57. The minimum absolute atomic E-state index is 0.179. The van der Waals surface area contributed by atoms with Crippen molar-refractivity contribution in [3.8, 4) is 10.4 Å². The Morgan fingerprint density at radius 1 is 1.08 bits per heavy atom. The second kappa shape index (κ2) is 9.02. The van der Waals surface area contributed by atoms with Crippen molar-refractivity contribution in [2.45, 2.75) is 57.5 Å². The smallest absolute Gasteiger partial charge is 0.260 e. The molecule has 38 heavy (non-hydrogen) atoms. The van der Waals surface area contributed by atoms with E-state index in [2.05, 4.69) is 35.4 Å². The topological polar surface area (TPSA) is 109 Å². The number of nitrogens with one attached hydrogen (secondary N) is 2. The number of anilines is 1. The molecule has 6 heterocycles. The van der Waals surface area contributed by atoms with Crippen molar-refractivity contribution in [3.63, 3.8) is 0 Å². The van der Waals surface area contributed by atoms with Gasteiger partial charge < -0.3 is 10.6 Å². The summed E-state index contributed by atoms with van der Waals surface area (Å²) in [5, 5.41) is 14.9. The van der Waals surface area contributed by atoms with Gasteiger partial charge in [0.05, 0.1) is 39.8 Å². The van der Waals surface area contributed by atoms with E-state index < -0.39 is 0 Å². The number of carbonyl (C=O) groups excluding carboxylic acids is 2. The monoisotopic (exact) mass is 530 g/mol. The maximum absolute atomic E-state index is 13.3. The second-order valence-electron chi connectivity index (χ2n) is 10.6. The predicted octanol–water partition coefficient (Wildman–Crippen LogP) is 3.52. The highest BCUT2D eigenvalue weighted by Crippen LogP contribution is 2.49. The number of carbonyl (C=O) groups is 2. The Morgan fingerprint density at radius 2 is 1.97 bits per heavy atom. The van der Waals surface area contributed by atoms with Crippen molar-refractivity contribution in [2.24, 2.45) is 0 Å². The summed E-state index contributed by atoms with van der Waals surface area (Å²) in [5.74, 6) is -0.457. The molecule has 1 saturated carbocycles. The van der Waals surface area contributed by atoms with Crippen molar-refractivity contribution < 1.29 is 9.59 Å². The number of amides is 2. The molecule has 0 atom stereocenters. The molecule has 1 spiro atoms. The van der Waals surface area contributed by atoms with Gasteiger partial charge in [0.1, 0.15) is 4.83 Å². The van der Waals surface area contributed by atoms with Crippen molar-refractivity contribution >= 4 is 33.7 Å². The summed E-state index contributed by atoms with van der Waals surface area (Å²) >= 11 is 1.53. The van der Waals surface area contributed by atoms with E-state index in [9.17, 15) is 9.59 Å². The van der Waals surface area contributed by atoms with Gasteiger partial charge in [0.25, 0.3) is 11.8 Å². The van der Waals surface area contributed by atoms with Crippen LogP contribution >= 0.6 is 11.3 Å². The van der Waals surface area contributed by atoms with Crippen LogP contribution in [0.2, 0.25) is 0 Å². The third kappa shape index (κ3) is 4.01. The summed E-state index contributed by atoms with van der Waals surface area (Å²) in [5.41, 5.74) is 4.86. The predicted molar refractivity (Wildman–Crippen MR) is 145 cm³/mol. The van der Waals surface area contributed by atoms with Crippen LogP contribution in [0.1, 0.15) is 64.2 Å². The molecule has 11 heteroatoms. The normalized spacial score (nSPS) is 17.8. The number of thiazole rings is 1. The maximum atomic E-state index is 13.3. The molecule has 3 aliphatic rings. The zero-order valence-electron chi connectivity index (χ0n) is 21.4. The van der Waals surface area contributed by atoms with E-state index >= 15 is 0 Å². The van der Waals surface area contributed by atoms with Crippen LogP contribution in [0.5, 0.6) is 0 Å². The molecule has 10 nitrogen and oxygen atoms in total. The summed E-state index contributed by atoms with van der Waals surface area (Å²) < 4.78 is 3.80. The summed E-state index contributed by atoms with van der Waals surface area (Å²) in [6.45, 7) is 5.37. The molecule has 1 saturated heterocycles. The van der Waals surface area contributed by atoms with E-state index in [-0.39, 0.29) is 11.8 Å². The van der Waals surface area contributed by atoms with Crippen LogP contribution in [0.15, 0.2) is 30.9 Å². The van der Waals surface area contributed by atoms with Gasteiger partial charge in [-0.25, -0.2) is 4.52 Å². The van der Waals surface area contributed by atoms with Gasteiger partial charge in [-0.05, 0) is 58.1 Å². The first-order valence-corrected chi connectivity index (χ1v) is 14.2. The Labute approximate surface area is 224 Å². The number of aryl methyl sites for hydroxylation is 2. The van der Waals surface area contributed by atoms with E-state index in [1.165, 1.54) is 42.7 Å². The number of hydrogen-bond acceptors (Lipinski definition) is 7. The summed E-state index contributed by atoms with van der Waals surface area (Å²) in [6.07, 6.45) is 14.2. The zero-order valence-corrected chi connectivity index (χ0v) is 22.2. The molecular weight excluding hydrogens is 500 g/mol. The van der Waals surface area contributed by atoms with E-state index in [1.807, 2.05) is 19.3 Å². The highest BCUT2D eigenvalue weighted by atomic mass is 32.1. The van der Waals surface area contributed by atoms with Crippen LogP contribution < -0.4 is 10.6 Å². The Morgan fingerprint density at radius 3 is 2.84 bits per heavy atom. The van der Waals surface area contributed by atoms with Crippen LogP contribution in [0.4, 0.5) is 5.69 Å². The number of pyridine rings is 1. The zero-order chi connectivity index (χ0) is 25.9. The standard InChI is InChI=1S/C27H30N8O2S/c1-17-21(12-18(13-29-17)24(36)28-8-11-33-9-3-5-27(33)6-7-27)32-25(37)20-15-31-35-16-23(38-26(20)35)19-14-30-34-10-2-4-22(19)34/h12-16H,2-11H2,1H3,(H,28,36)(H,32,37). The highest BCUT2D eigenvalue weighted by Gasteiger charge is 2.50. The van der Waals surface area contributed by atoms with Crippen LogP contribution in [0.25, 0.3) is 15.3 Å². The number of fused-ring (bicyclic) bond motifs is 2. The molecule has 4 aromatic heterocycles. The largest absolute Gasteiger partial charge is 0.351 e. The SMILES string of the molecule is Cc1ncc(C(=O)NCCN2CCCC23CC3)cc1NC(=O)c1cnn2cc(-c3cnn4c3CCC4)sc12. The summed E-state index contributed by atoms with van der Waals surface area (Å²) in [6, 6.07) is 1.70. The van der Waals surface area contributed by atoms with E-state index in [4.69, 9.17) is 0 Å². The minimum atomic E-state index is -0.278. The summed E-state index contributed by atoms with van der Waals surface area (Å²) in [7, 11) is 0. The Balaban J connectivity index is 1.05. The number of nitrogens with zero attached hydrogens (tertiary/aromatic N) is 6. The molecular formula is C27H30N8O2S. The lowest BCUT2D eigenvalue weighted by Gasteiger charge is -2.23. The van der Waals surface area contributed by atoms with Gasteiger partial charge in [-0.15, -0.1) is 11.3 Å². The lowest BCUT2D eigenvalue weighted by molar-refractivity contribution is 0.0944. The molecule has 1 aliphatic carbocycles. The molecule has 0 radical (unpaired) electrons. The molecule has 0 aromatic carbocycles. The Kier molecular flexibility index (Phi) is 5.59. The lowest BCUT2D eigenvalue weighted by Crippen LogP contribution is -2.38. The van der Waals surface area contributed by atoms with E-state index in [1.54, 1.807) is 23.0 Å². The van der Waals surface area contributed by atoms with Crippen LogP contribution in [0, 0.1) is 6.92 Å². The number of hydrogen-bond donors (Lipinski definition) is 2. The van der Waals surface area contributed by atoms with Crippen molar-refractivity contribution in [3.05, 3.63) is 53.4 Å². The van der Waals surface area contributed by atoms with Crippen LogP contribution in [-0.4, -0.2) is 66.3 Å². The van der Waals surface area contributed by atoms with Gasteiger partial charge in [-0.3, -0.25) is 24.2 Å². The van der Waals surface area contributed by atoms with Gasteiger partial charge >= 0.3 is 0 Å². The molecule has 2 aliphatic heterocycles. The first-order chi connectivity index (χ1) is 18.5. The first kappa shape index (κ1) is 23.5. The third-order valence-electron chi connectivity index (χ3n) is 8.27. The van der Waals surface area contributed by atoms with Crippen LogP contribution in [-0.2, 0) is 13.0 Å². The average molecular weight is 531 g/mol. The van der Waals surface area contributed by atoms with Crippen molar-refractivity contribution in [1.29, 1.82) is 0 Å². The lowest BCUT2D eigenvalue weighted by atomic mass is 10.2. The molecule has 2 fully saturated rings. The molecule has 0 unspecified atom stereocenters. The molecule has 0 bridgehead atoms.